The van der Waals surface area contributed by atoms with Crippen molar-refractivity contribution in [3.05, 3.63) is 0 Å². The van der Waals surface area contributed by atoms with Crippen molar-refractivity contribution in [1.82, 2.24) is 10.2 Å². The van der Waals surface area contributed by atoms with Gasteiger partial charge in [-0.1, -0.05) is 46.0 Å². The Morgan fingerprint density at radius 2 is 1.65 bits per heavy atom. The number of rotatable bonds is 12. The molecule has 0 bridgehead atoms. The van der Waals surface area contributed by atoms with E-state index in [1.54, 1.807) is 0 Å². The predicted molar refractivity (Wildman–Crippen MR) is 76.5 cm³/mol. The molecule has 0 aliphatic heterocycles. The quantitative estimate of drug-likeness (QED) is 0.526. The molecule has 0 atom stereocenters. The van der Waals surface area contributed by atoms with Gasteiger partial charge in [0.05, 0.1) is 0 Å². The normalized spacial score (nSPS) is 15.7. The molecule has 0 unspecified atom stereocenters. The van der Waals surface area contributed by atoms with E-state index in [-0.39, 0.29) is 0 Å². The summed E-state index contributed by atoms with van der Waals surface area (Å²) < 4.78 is 0. The van der Waals surface area contributed by atoms with Crippen LogP contribution >= 0.6 is 0 Å². The summed E-state index contributed by atoms with van der Waals surface area (Å²) in [5.41, 5.74) is 0. The fourth-order valence-corrected chi connectivity index (χ4v) is 2.42. The van der Waals surface area contributed by atoms with E-state index < -0.39 is 0 Å². The van der Waals surface area contributed by atoms with E-state index >= 15 is 0 Å². The molecular formula is C15H32N2. The van der Waals surface area contributed by atoms with Crippen LogP contribution in [0.15, 0.2) is 0 Å². The summed E-state index contributed by atoms with van der Waals surface area (Å²) in [6, 6.07) is 0.927. The Morgan fingerprint density at radius 3 is 2.29 bits per heavy atom. The van der Waals surface area contributed by atoms with Crippen molar-refractivity contribution < 1.29 is 0 Å². The third-order valence-electron chi connectivity index (χ3n) is 3.75. The lowest BCUT2D eigenvalue weighted by atomic mass is 10.1. The lowest BCUT2D eigenvalue weighted by molar-refractivity contribution is 0.277. The minimum absolute atomic E-state index is 0.927. The van der Waals surface area contributed by atoms with Gasteiger partial charge in [0.2, 0.25) is 0 Å². The molecule has 0 spiro atoms. The van der Waals surface area contributed by atoms with Crippen molar-refractivity contribution in [2.24, 2.45) is 0 Å². The Hall–Kier alpha value is -0.0800. The highest BCUT2D eigenvalue weighted by Gasteiger charge is 2.26. The first-order chi connectivity index (χ1) is 8.38. The van der Waals surface area contributed by atoms with E-state index in [1.165, 1.54) is 77.5 Å². The van der Waals surface area contributed by atoms with E-state index in [1.807, 2.05) is 0 Å². The molecule has 0 radical (unpaired) electrons. The van der Waals surface area contributed by atoms with Gasteiger partial charge in [-0.2, -0.15) is 0 Å². The van der Waals surface area contributed by atoms with Crippen LogP contribution in [-0.2, 0) is 0 Å². The van der Waals surface area contributed by atoms with Crippen LogP contribution < -0.4 is 5.32 Å². The topological polar surface area (TPSA) is 15.3 Å². The highest BCUT2D eigenvalue weighted by atomic mass is 15.2. The molecule has 1 aliphatic rings. The van der Waals surface area contributed by atoms with Gasteiger partial charge < -0.3 is 5.32 Å². The average molecular weight is 240 g/mol. The Labute approximate surface area is 108 Å². The van der Waals surface area contributed by atoms with Crippen molar-refractivity contribution in [2.45, 2.75) is 71.3 Å². The monoisotopic (exact) mass is 240 g/mol. The number of hydrogen-bond donors (Lipinski definition) is 1. The van der Waals surface area contributed by atoms with Crippen molar-refractivity contribution >= 4 is 0 Å². The van der Waals surface area contributed by atoms with Gasteiger partial charge >= 0.3 is 0 Å². The van der Waals surface area contributed by atoms with Crippen molar-refractivity contribution in [3.63, 3.8) is 0 Å². The molecule has 2 heteroatoms. The Kier molecular flexibility index (Phi) is 8.72. The fourth-order valence-electron chi connectivity index (χ4n) is 2.42. The second-order valence-corrected chi connectivity index (χ2v) is 5.38. The van der Waals surface area contributed by atoms with E-state index in [2.05, 4.69) is 24.1 Å². The van der Waals surface area contributed by atoms with Crippen molar-refractivity contribution in [2.75, 3.05) is 26.2 Å². The molecule has 1 fully saturated rings. The highest BCUT2D eigenvalue weighted by Crippen LogP contribution is 2.25. The second-order valence-electron chi connectivity index (χ2n) is 5.38. The number of likely N-dealkylation sites (N-methyl/N-ethyl adjacent to an activating group) is 1. The summed E-state index contributed by atoms with van der Waals surface area (Å²) in [6.07, 6.45) is 11.3. The number of unbranched alkanes of at least 4 members (excludes halogenated alkanes) is 5. The molecule has 0 aromatic rings. The first-order valence-electron chi connectivity index (χ1n) is 7.83. The zero-order chi connectivity index (χ0) is 12.3. The third kappa shape index (κ3) is 7.77. The van der Waals surface area contributed by atoms with Crippen LogP contribution in [0.25, 0.3) is 0 Å². The molecule has 0 heterocycles. The molecule has 2 nitrogen and oxygen atoms in total. The maximum absolute atomic E-state index is 3.58. The molecular weight excluding hydrogens is 208 g/mol. The second kappa shape index (κ2) is 9.90. The zero-order valence-corrected chi connectivity index (χ0v) is 12.0. The number of nitrogens with zero attached hydrogens (tertiary/aromatic N) is 1. The smallest absolute Gasteiger partial charge is 0.0110 e. The van der Waals surface area contributed by atoms with Crippen LogP contribution in [0.5, 0.6) is 0 Å². The predicted octanol–water partition coefficient (Wildman–Crippen LogP) is 3.42. The van der Waals surface area contributed by atoms with Gasteiger partial charge in [0.1, 0.15) is 0 Å². The Balaban J connectivity index is 1.77. The van der Waals surface area contributed by atoms with Gasteiger partial charge in [-0.15, -0.1) is 0 Å². The molecule has 17 heavy (non-hydrogen) atoms. The molecule has 1 saturated carbocycles. The summed E-state index contributed by atoms with van der Waals surface area (Å²) >= 11 is 0. The summed E-state index contributed by atoms with van der Waals surface area (Å²) in [4.78, 5) is 2.62. The first-order valence-corrected chi connectivity index (χ1v) is 7.83. The Bertz CT molecular complexity index is 166. The first kappa shape index (κ1) is 15.0. The summed E-state index contributed by atoms with van der Waals surface area (Å²) in [6.45, 7) is 9.43. The molecule has 0 amide bonds. The van der Waals surface area contributed by atoms with Gasteiger partial charge in [0.15, 0.2) is 0 Å². The van der Waals surface area contributed by atoms with Crippen LogP contribution in [0.3, 0.4) is 0 Å². The lowest BCUT2D eigenvalue weighted by Gasteiger charge is -2.19. The molecule has 1 N–H and O–H groups in total. The van der Waals surface area contributed by atoms with Gasteiger partial charge in [-0.05, 0) is 32.4 Å². The summed E-state index contributed by atoms with van der Waals surface area (Å²) in [7, 11) is 0. The fraction of sp³-hybridized carbons (Fsp3) is 1.00. The van der Waals surface area contributed by atoms with Gasteiger partial charge in [-0.25, -0.2) is 0 Å². The SMILES string of the molecule is CCCCCCCCNCCN(CC)C1CC1. The average Bonchev–Trinajstić information content (AvgIpc) is 3.16. The largest absolute Gasteiger partial charge is 0.315 e. The van der Waals surface area contributed by atoms with E-state index in [0.29, 0.717) is 0 Å². The standard InChI is InChI=1S/C15H32N2/c1-3-5-6-7-8-9-12-16-13-14-17(4-2)15-10-11-15/h15-16H,3-14H2,1-2H3. The van der Waals surface area contributed by atoms with Gasteiger partial charge in [0.25, 0.3) is 0 Å². The van der Waals surface area contributed by atoms with Crippen LogP contribution in [0, 0.1) is 0 Å². The third-order valence-corrected chi connectivity index (χ3v) is 3.75. The van der Waals surface area contributed by atoms with Crippen LogP contribution in [-0.4, -0.2) is 37.1 Å². The van der Waals surface area contributed by atoms with Crippen LogP contribution in [0.2, 0.25) is 0 Å². The lowest BCUT2D eigenvalue weighted by Crippen LogP contribution is -2.33. The van der Waals surface area contributed by atoms with Crippen LogP contribution in [0.4, 0.5) is 0 Å². The number of nitrogens with one attached hydrogen (secondary N) is 1. The minimum atomic E-state index is 0.927. The maximum Gasteiger partial charge on any atom is 0.0110 e. The van der Waals surface area contributed by atoms with Crippen LogP contribution in [0.1, 0.15) is 65.2 Å². The van der Waals surface area contributed by atoms with E-state index in [4.69, 9.17) is 0 Å². The van der Waals surface area contributed by atoms with Crippen molar-refractivity contribution in [3.8, 4) is 0 Å². The van der Waals surface area contributed by atoms with Gasteiger partial charge in [0, 0.05) is 19.1 Å². The van der Waals surface area contributed by atoms with E-state index in [0.717, 1.165) is 6.04 Å². The zero-order valence-electron chi connectivity index (χ0n) is 12.0. The Morgan fingerprint density at radius 1 is 0.941 bits per heavy atom. The molecule has 0 saturated heterocycles. The summed E-state index contributed by atoms with van der Waals surface area (Å²) in [5.74, 6) is 0. The molecule has 102 valence electrons. The maximum atomic E-state index is 3.58. The summed E-state index contributed by atoms with van der Waals surface area (Å²) in [5, 5.41) is 3.58. The van der Waals surface area contributed by atoms with Crippen molar-refractivity contribution in [1.29, 1.82) is 0 Å². The number of hydrogen-bond acceptors (Lipinski definition) is 2. The molecule has 0 aromatic heterocycles. The van der Waals surface area contributed by atoms with Gasteiger partial charge in [-0.3, -0.25) is 4.90 Å². The molecule has 1 rings (SSSR count). The minimum Gasteiger partial charge on any atom is -0.315 e. The molecule has 1 aliphatic carbocycles. The van der Waals surface area contributed by atoms with E-state index in [9.17, 15) is 0 Å². The molecule has 0 aromatic carbocycles. The highest BCUT2D eigenvalue weighted by molar-refractivity contribution is 4.83.